The smallest absolute Gasteiger partial charge is 0.146 e. The number of benzene rings is 2. The van der Waals surface area contributed by atoms with E-state index in [0.717, 1.165) is 15.8 Å². The van der Waals surface area contributed by atoms with Crippen molar-refractivity contribution in [2.24, 2.45) is 0 Å². The van der Waals surface area contributed by atoms with Crippen LogP contribution in [0.3, 0.4) is 0 Å². The van der Waals surface area contributed by atoms with Gasteiger partial charge in [0.25, 0.3) is 0 Å². The van der Waals surface area contributed by atoms with Crippen molar-refractivity contribution in [2.45, 2.75) is 6.54 Å². The monoisotopic (exact) mass is 359 g/mol. The molecule has 19 heavy (non-hydrogen) atoms. The molecule has 0 aromatic heterocycles. The largest absolute Gasteiger partial charge is 0.455 e. The molecule has 0 aliphatic rings. The molecule has 100 valence electrons. The van der Waals surface area contributed by atoms with Crippen molar-refractivity contribution < 1.29 is 4.74 Å². The summed E-state index contributed by atoms with van der Waals surface area (Å²) in [4.78, 5) is 0. The molecule has 2 aromatic carbocycles. The van der Waals surface area contributed by atoms with Crippen molar-refractivity contribution in [3.05, 3.63) is 56.5 Å². The zero-order valence-corrected chi connectivity index (χ0v) is 13.3. The van der Waals surface area contributed by atoms with Crippen LogP contribution in [-0.2, 0) is 6.54 Å². The quantitative estimate of drug-likeness (QED) is 0.802. The number of nitrogens with one attached hydrogen (secondary N) is 1. The molecule has 5 heteroatoms. The van der Waals surface area contributed by atoms with Gasteiger partial charge in [0.15, 0.2) is 0 Å². The van der Waals surface area contributed by atoms with Gasteiger partial charge >= 0.3 is 0 Å². The molecule has 0 spiro atoms. The van der Waals surface area contributed by atoms with E-state index in [1.54, 1.807) is 12.1 Å². The maximum absolute atomic E-state index is 6.14. The Hall–Kier alpha value is -0.740. The van der Waals surface area contributed by atoms with Gasteiger partial charge in [-0.15, -0.1) is 0 Å². The highest BCUT2D eigenvalue weighted by Crippen LogP contribution is 2.34. The number of ether oxygens (including phenoxy) is 1. The van der Waals surface area contributed by atoms with Crippen LogP contribution in [0.4, 0.5) is 0 Å². The minimum Gasteiger partial charge on any atom is -0.455 e. The first-order chi connectivity index (χ1) is 9.10. The molecule has 2 aromatic rings. The van der Waals surface area contributed by atoms with Crippen LogP contribution in [0.15, 0.2) is 40.9 Å². The van der Waals surface area contributed by atoms with Gasteiger partial charge in [-0.25, -0.2) is 0 Å². The van der Waals surface area contributed by atoms with Gasteiger partial charge in [-0.3, -0.25) is 0 Å². The maximum atomic E-state index is 6.14. The first kappa shape index (κ1) is 14.7. The van der Waals surface area contributed by atoms with E-state index in [9.17, 15) is 0 Å². The summed E-state index contributed by atoms with van der Waals surface area (Å²) in [6, 6.07) is 11.0. The third kappa shape index (κ3) is 3.86. The fraction of sp³-hybridized carbons (Fsp3) is 0.143. The maximum Gasteiger partial charge on any atom is 0.146 e. The molecule has 0 heterocycles. The average Bonchev–Trinajstić information content (AvgIpc) is 2.36. The van der Waals surface area contributed by atoms with Gasteiger partial charge in [0, 0.05) is 21.6 Å². The lowest BCUT2D eigenvalue weighted by atomic mass is 10.2. The topological polar surface area (TPSA) is 21.3 Å². The summed E-state index contributed by atoms with van der Waals surface area (Å²) in [7, 11) is 1.87. The Morgan fingerprint density at radius 1 is 1.11 bits per heavy atom. The normalized spacial score (nSPS) is 10.5. The van der Waals surface area contributed by atoms with Gasteiger partial charge in [-0.2, -0.15) is 0 Å². The van der Waals surface area contributed by atoms with Crippen LogP contribution in [0.2, 0.25) is 10.0 Å². The lowest BCUT2D eigenvalue weighted by Gasteiger charge is -2.12. The highest BCUT2D eigenvalue weighted by molar-refractivity contribution is 9.10. The van der Waals surface area contributed by atoms with Crippen LogP contribution < -0.4 is 10.1 Å². The third-order valence-electron chi connectivity index (χ3n) is 2.50. The average molecular weight is 361 g/mol. The van der Waals surface area contributed by atoms with Crippen molar-refractivity contribution in [1.82, 2.24) is 5.32 Å². The van der Waals surface area contributed by atoms with E-state index in [-0.39, 0.29) is 0 Å². The Kier molecular flexibility index (Phi) is 5.11. The molecular formula is C14H12BrCl2NO. The van der Waals surface area contributed by atoms with Crippen LogP contribution in [-0.4, -0.2) is 7.05 Å². The molecule has 0 saturated heterocycles. The van der Waals surface area contributed by atoms with Crippen LogP contribution in [0.5, 0.6) is 11.5 Å². The summed E-state index contributed by atoms with van der Waals surface area (Å²) in [6.07, 6.45) is 0. The van der Waals surface area contributed by atoms with Crippen LogP contribution in [0, 0.1) is 0 Å². The zero-order valence-electron chi connectivity index (χ0n) is 10.2. The number of hydrogen-bond acceptors (Lipinski definition) is 2. The van der Waals surface area contributed by atoms with Gasteiger partial charge in [-0.05, 0) is 43.4 Å². The zero-order chi connectivity index (χ0) is 13.8. The van der Waals surface area contributed by atoms with Crippen LogP contribution in [0.25, 0.3) is 0 Å². The highest BCUT2D eigenvalue weighted by Gasteiger charge is 2.08. The molecule has 1 N–H and O–H groups in total. The Morgan fingerprint density at radius 3 is 2.53 bits per heavy atom. The summed E-state index contributed by atoms with van der Waals surface area (Å²) in [6.45, 7) is 0.671. The number of rotatable bonds is 4. The summed E-state index contributed by atoms with van der Waals surface area (Å²) >= 11 is 15.5. The van der Waals surface area contributed by atoms with Gasteiger partial charge in [0.2, 0.25) is 0 Å². The molecule has 2 nitrogen and oxygen atoms in total. The van der Waals surface area contributed by atoms with Gasteiger partial charge < -0.3 is 10.1 Å². The Balaban J connectivity index is 2.32. The summed E-state index contributed by atoms with van der Waals surface area (Å²) in [5, 5.41) is 4.32. The molecule has 0 aliphatic carbocycles. The summed E-state index contributed by atoms with van der Waals surface area (Å²) in [5.74, 6) is 1.35. The fourth-order valence-corrected chi connectivity index (χ4v) is 2.56. The number of halogens is 3. The van der Waals surface area contributed by atoms with Crippen molar-refractivity contribution in [3.8, 4) is 11.5 Å². The van der Waals surface area contributed by atoms with Gasteiger partial charge in [0.05, 0.1) is 5.02 Å². The predicted octanol–water partition coefficient (Wildman–Crippen LogP) is 5.27. The van der Waals surface area contributed by atoms with E-state index in [2.05, 4.69) is 21.2 Å². The third-order valence-corrected chi connectivity index (χ3v) is 3.53. The van der Waals surface area contributed by atoms with E-state index in [1.807, 2.05) is 31.3 Å². The van der Waals surface area contributed by atoms with Crippen LogP contribution in [0.1, 0.15) is 5.56 Å². The molecule has 0 unspecified atom stereocenters. The predicted molar refractivity (Wildman–Crippen MR) is 83.4 cm³/mol. The van der Waals surface area contributed by atoms with E-state index in [4.69, 9.17) is 27.9 Å². The SMILES string of the molecule is CNCc1cc(Cl)ccc1Oc1ccc(Br)cc1Cl. The highest BCUT2D eigenvalue weighted by atomic mass is 79.9. The first-order valence-corrected chi connectivity index (χ1v) is 7.21. The standard InChI is InChI=1S/C14H12BrCl2NO/c1-18-8-9-6-11(16)3-5-13(9)19-14-4-2-10(15)7-12(14)17/h2-7,18H,8H2,1H3. The minimum atomic E-state index is 0.555. The van der Waals surface area contributed by atoms with Gasteiger partial charge in [-0.1, -0.05) is 39.1 Å². The van der Waals surface area contributed by atoms with Crippen molar-refractivity contribution >= 4 is 39.1 Å². The number of hydrogen-bond donors (Lipinski definition) is 1. The Morgan fingerprint density at radius 2 is 1.84 bits per heavy atom. The second-order valence-electron chi connectivity index (χ2n) is 3.96. The molecule has 0 fully saturated rings. The van der Waals surface area contributed by atoms with E-state index >= 15 is 0 Å². The van der Waals surface area contributed by atoms with Crippen molar-refractivity contribution in [2.75, 3.05) is 7.05 Å². The Bertz CT molecular complexity index is 590. The second kappa shape index (κ2) is 6.62. The fourth-order valence-electron chi connectivity index (χ4n) is 1.65. The van der Waals surface area contributed by atoms with Crippen LogP contribution >= 0.6 is 39.1 Å². The molecule has 0 amide bonds. The summed E-state index contributed by atoms with van der Waals surface area (Å²) in [5.41, 5.74) is 0.981. The lowest BCUT2D eigenvalue weighted by molar-refractivity contribution is 0.474. The van der Waals surface area contributed by atoms with Crippen molar-refractivity contribution in [1.29, 1.82) is 0 Å². The van der Waals surface area contributed by atoms with Gasteiger partial charge in [0.1, 0.15) is 11.5 Å². The minimum absolute atomic E-state index is 0.555. The molecule has 0 atom stereocenters. The molecule has 0 saturated carbocycles. The Labute approximate surface area is 130 Å². The molecule has 2 rings (SSSR count). The lowest BCUT2D eigenvalue weighted by Crippen LogP contribution is -2.06. The molecular weight excluding hydrogens is 349 g/mol. The first-order valence-electron chi connectivity index (χ1n) is 5.66. The summed E-state index contributed by atoms with van der Waals surface area (Å²) < 4.78 is 6.76. The molecule has 0 radical (unpaired) electrons. The van der Waals surface area contributed by atoms with E-state index in [1.165, 1.54) is 0 Å². The molecule has 0 bridgehead atoms. The molecule has 0 aliphatic heterocycles. The van der Waals surface area contributed by atoms with Crippen molar-refractivity contribution in [3.63, 3.8) is 0 Å². The van der Waals surface area contributed by atoms with E-state index < -0.39 is 0 Å². The second-order valence-corrected chi connectivity index (χ2v) is 5.72. The van der Waals surface area contributed by atoms with E-state index in [0.29, 0.717) is 22.3 Å².